The largest absolute Gasteiger partial charge is 0.401 e. The summed E-state index contributed by atoms with van der Waals surface area (Å²) in [4.78, 5) is 1.20. The number of nitrogens with zero attached hydrogens (tertiary/aromatic N) is 1. The van der Waals surface area contributed by atoms with Crippen LogP contribution in [0, 0.1) is 5.41 Å². The maximum atomic E-state index is 12.3. The van der Waals surface area contributed by atoms with Crippen molar-refractivity contribution in [2.75, 3.05) is 32.8 Å². The number of hydrogen-bond donors (Lipinski definition) is 2. The third-order valence-electron chi connectivity index (χ3n) is 3.38. The van der Waals surface area contributed by atoms with Gasteiger partial charge in [-0.25, -0.2) is 0 Å². The lowest BCUT2D eigenvalue weighted by Crippen LogP contribution is -2.44. The fourth-order valence-electron chi connectivity index (χ4n) is 2.57. The van der Waals surface area contributed by atoms with E-state index < -0.39 is 18.1 Å². The molecule has 0 aromatic rings. The second-order valence-electron chi connectivity index (χ2n) is 4.91. The van der Waals surface area contributed by atoms with Crippen molar-refractivity contribution < 1.29 is 23.4 Å². The highest BCUT2D eigenvalue weighted by Gasteiger charge is 2.38. The molecule has 0 aromatic heterocycles. The van der Waals surface area contributed by atoms with E-state index in [1.807, 2.05) is 0 Å². The molecule has 0 heterocycles. The summed E-state index contributed by atoms with van der Waals surface area (Å²) in [5.41, 5.74) is -0.402. The number of alkyl halides is 3. The van der Waals surface area contributed by atoms with Gasteiger partial charge in [0.2, 0.25) is 0 Å². The van der Waals surface area contributed by atoms with E-state index in [4.69, 9.17) is 5.11 Å². The van der Waals surface area contributed by atoms with Crippen LogP contribution in [0.25, 0.3) is 0 Å². The second-order valence-corrected chi connectivity index (χ2v) is 4.91. The topological polar surface area (TPSA) is 43.7 Å². The Kier molecular flexibility index (Phi) is 5.22. The molecule has 0 amide bonds. The molecule has 1 saturated carbocycles. The third-order valence-corrected chi connectivity index (χ3v) is 3.38. The van der Waals surface area contributed by atoms with Crippen LogP contribution >= 0.6 is 0 Å². The number of hydrogen-bond acceptors (Lipinski definition) is 3. The van der Waals surface area contributed by atoms with Gasteiger partial charge < -0.3 is 10.2 Å². The lowest BCUT2D eigenvalue weighted by atomic mass is 9.86. The molecule has 0 radical (unpaired) electrons. The van der Waals surface area contributed by atoms with Crippen LogP contribution in [-0.4, -0.2) is 54.1 Å². The monoisotopic (exact) mass is 255 g/mol. The minimum atomic E-state index is -4.26. The van der Waals surface area contributed by atoms with Gasteiger partial charge >= 0.3 is 6.18 Å². The molecule has 0 spiro atoms. The van der Waals surface area contributed by atoms with E-state index in [1.165, 1.54) is 4.90 Å². The third kappa shape index (κ3) is 4.81. The molecule has 0 bridgehead atoms. The molecule has 17 heavy (non-hydrogen) atoms. The van der Waals surface area contributed by atoms with Crippen molar-refractivity contribution in [2.45, 2.75) is 31.9 Å². The Bertz CT molecular complexity index is 227. The Morgan fingerprint density at radius 2 is 1.71 bits per heavy atom. The average molecular weight is 255 g/mol. The van der Waals surface area contributed by atoms with Crippen LogP contribution in [0.5, 0.6) is 0 Å². The molecule has 0 saturated heterocycles. The van der Waals surface area contributed by atoms with Crippen LogP contribution < -0.4 is 0 Å². The van der Waals surface area contributed by atoms with Gasteiger partial charge in [0, 0.05) is 25.1 Å². The molecule has 6 heteroatoms. The van der Waals surface area contributed by atoms with Gasteiger partial charge in [-0.1, -0.05) is 12.8 Å². The molecule has 1 aliphatic rings. The highest BCUT2D eigenvalue weighted by Crippen LogP contribution is 2.38. The zero-order valence-electron chi connectivity index (χ0n) is 9.84. The first kappa shape index (κ1) is 14.7. The van der Waals surface area contributed by atoms with Crippen molar-refractivity contribution >= 4 is 0 Å². The Morgan fingerprint density at radius 1 is 1.12 bits per heavy atom. The van der Waals surface area contributed by atoms with Crippen LogP contribution in [0.2, 0.25) is 0 Å². The molecular formula is C11H20F3NO2. The van der Waals surface area contributed by atoms with Crippen LogP contribution in [-0.2, 0) is 0 Å². The van der Waals surface area contributed by atoms with Gasteiger partial charge in [-0.05, 0) is 12.8 Å². The molecule has 0 atom stereocenters. The van der Waals surface area contributed by atoms with E-state index >= 15 is 0 Å². The minimum absolute atomic E-state index is 0.00125. The van der Waals surface area contributed by atoms with Gasteiger partial charge in [0.25, 0.3) is 0 Å². The standard InChI is InChI=1S/C11H20F3NO2/c12-11(13,14)8-15(5-6-16)7-10(9-17)3-1-2-4-10/h16-17H,1-9H2. The summed E-state index contributed by atoms with van der Waals surface area (Å²) in [6, 6.07) is 0. The fraction of sp³-hybridized carbons (Fsp3) is 1.00. The molecule has 0 unspecified atom stereocenters. The van der Waals surface area contributed by atoms with Crippen LogP contribution in [0.3, 0.4) is 0 Å². The van der Waals surface area contributed by atoms with E-state index in [0.29, 0.717) is 0 Å². The first-order valence-electron chi connectivity index (χ1n) is 5.92. The van der Waals surface area contributed by atoms with Gasteiger partial charge in [0.05, 0.1) is 13.2 Å². The van der Waals surface area contributed by atoms with Gasteiger partial charge in [0.15, 0.2) is 0 Å². The lowest BCUT2D eigenvalue weighted by molar-refractivity contribution is -0.151. The maximum Gasteiger partial charge on any atom is 0.401 e. The molecule has 0 aromatic carbocycles. The second kappa shape index (κ2) is 6.02. The van der Waals surface area contributed by atoms with Gasteiger partial charge in [0.1, 0.15) is 0 Å². The Morgan fingerprint density at radius 3 is 2.12 bits per heavy atom. The summed E-state index contributed by atoms with van der Waals surface area (Å²) in [5.74, 6) is 0. The van der Waals surface area contributed by atoms with E-state index in [-0.39, 0.29) is 26.3 Å². The number of rotatable bonds is 6. The molecular weight excluding hydrogens is 235 g/mol. The van der Waals surface area contributed by atoms with Crippen molar-refractivity contribution in [3.63, 3.8) is 0 Å². The molecule has 1 fully saturated rings. The molecule has 1 rings (SSSR count). The summed E-state index contributed by atoms with van der Waals surface area (Å²) in [6.45, 7) is -1.18. The van der Waals surface area contributed by atoms with Crippen molar-refractivity contribution in [3.8, 4) is 0 Å². The molecule has 2 N–H and O–H groups in total. The number of aliphatic hydroxyl groups excluding tert-OH is 2. The Balaban J connectivity index is 2.58. The fourth-order valence-corrected chi connectivity index (χ4v) is 2.57. The zero-order chi connectivity index (χ0) is 12.9. The molecule has 0 aliphatic heterocycles. The number of aliphatic hydroxyl groups is 2. The van der Waals surface area contributed by atoms with Crippen molar-refractivity contribution in [1.82, 2.24) is 4.90 Å². The highest BCUT2D eigenvalue weighted by molar-refractivity contribution is 4.87. The van der Waals surface area contributed by atoms with E-state index in [0.717, 1.165) is 25.7 Å². The summed E-state index contributed by atoms with van der Waals surface area (Å²) in [5, 5.41) is 18.2. The van der Waals surface area contributed by atoms with E-state index in [9.17, 15) is 18.3 Å². The zero-order valence-corrected chi connectivity index (χ0v) is 9.84. The predicted molar refractivity (Wildman–Crippen MR) is 57.6 cm³/mol. The van der Waals surface area contributed by atoms with Crippen LogP contribution in [0.1, 0.15) is 25.7 Å². The summed E-state index contributed by atoms with van der Waals surface area (Å²) < 4.78 is 37.0. The average Bonchev–Trinajstić information content (AvgIpc) is 2.65. The first-order chi connectivity index (χ1) is 7.91. The SMILES string of the molecule is OCCN(CC(F)(F)F)CC1(CO)CCCC1. The lowest BCUT2D eigenvalue weighted by Gasteiger charge is -2.34. The van der Waals surface area contributed by atoms with Crippen molar-refractivity contribution in [1.29, 1.82) is 0 Å². The Labute approximate surface area is 99.2 Å². The maximum absolute atomic E-state index is 12.3. The minimum Gasteiger partial charge on any atom is -0.396 e. The first-order valence-corrected chi connectivity index (χ1v) is 5.92. The summed E-state index contributed by atoms with van der Waals surface area (Å²) >= 11 is 0. The number of halogens is 3. The predicted octanol–water partition coefficient (Wildman–Crippen LogP) is 1.40. The van der Waals surface area contributed by atoms with Crippen molar-refractivity contribution in [2.24, 2.45) is 5.41 Å². The Hall–Kier alpha value is -0.330. The molecule has 1 aliphatic carbocycles. The van der Waals surface area contributed by atoms with E-state index in [1.54, 1.807) is 0 Å². The van der Waals surface area contributed by atoms with Crippen LogP contribution in [0.4, 0.5) is 13.2 Å². The van der Waals surface area contributed by atoms with Gasteiger partial charge in [-0.15, -0.1) is 0 Å². The quantitative estimate of drug-likeness (QED) is 0.754. The van der Waals surface area contributed by atoms with E-state index in [2.05, 4.69) is 0 Å². The summed E-state index contributed by atoms with van der Waals surface area (Å²) in [7, 11) is 0. The smallest absolute Gasteiger partial charge is 0.396 e. The van der Waals surface area contributed by atoms with Crippen LogP contribution in [0.15, 0.2) is 0 Å². The summed E-state index contributed by atoms with van der Waals surface area (Å²) in [6.07, 6.45) is -0.809. The molecule has 3 nitrogen and oxygen atoms in total. The highest BCUT2D eigenvalue weighted by atomic mass is 19.4. The molecule has 102 valence electrons. The van der Waals surface area contributed by atoms with Gasteiger partial charge in [-0.2, -0.15) is 13.2 Å². The van der Waals surface area contributed by atoms with Gasteiger partial charge in [-0.3, -0.25) is 4.90 Å². The normalized spacial score (nSPS) is 20.1. The van der Waals surface area contributed by atoms with Crippen molar-refractivity contribution in [3.05, 3.63) is 0 Å².